The van der Waals surface area contributed by atoms with Crippen LogP contribution in [0.25, 0.3) is 10.8 Å². The van der Waals surface area contributed by atoms with Crippen LogP contribution < -0.4 is 0 Å². The van der Waals surface area contributed by atoms with Crippen LogP contribution in [0.3, 0.4) is 0 Å². The summed E-state index contributed by atoms with van der Waals surface area (Å²) in [5.41, 5.74) is 0. The van der Waals surface area contributed by atoms with E-state index in [-0.39, 0.29) is 20.0 Å². The number of sulfone groups is 1. The third-order valence-electron chi connectivity index (χ3n) is 2.67. The minimum atomic E-state index is -3.77. The molecule has 2 aromatic heterocycles. The van der Waals surface area contributed by atoms with E-state index in [0.29, 0.717) is 0 Å². The van der Waals surface area contributed by atoms with E-state index in [0.717, 1.165) is 11.3 Å². The van der Waals surface area contributed by atoms with Gasteiger partial charge in [-0.05, 0) is 18.2 Å². The molecule has 0 unspecified atom stereocenters. The molecular formula is C12H7N3O5S2. The van der Waals surface area contributed by atoms with E-state index in [9.17, 15) is 18.5 Å². The number of hydrogen-bond donors (Lipinski definition) is 0. The summed E-state index contributed by atoms with van der Waals surface area (Å²) in [6, 6.07) is 10.3. The summed E-state index contributed by atoms with van der Waals surface area (Å²) in [6.07, 6.45) is 0. The van der Waals surface area contributed by atoms with Gasteiger partial charge in [0.05, 0.1) is 11.0 Å². The van der Waals surface area contributed by atoms with E-state index < -0.39 is 20.6 Å². The van der Waals surface area contributed by atoms with Crippen molar-refractivity contribution < 1.29 is 17.8 Å². The zero-order chi connectivity index (χ0) is 15.7. The quantitative estimate of drug-likeness (QED) is 0.530. The highest BCUT2D eigenvalue weighted by molar-refractivity contribution is 7.93. The highest BCUT2D eigenvalue weighted by Gasteiger charge is 2.24. The lowest BCUT2D eigenvalue weighted by Crippen LogP contribution is -2.00. The summed E-state index contributed by atoms with van der Waals surface area (Å²) in [5.74, 6) is -0.351. The molecule has 0 aliphatic rings. The average Bonchev–Trinajstić information content (AvgIpc) is 3.17. The third kappa shape index (κ3) is 2.49. The maximum Gasteiger partial charge on any atom is 0.433 e. The monoisotopic (exact) mass is 337 g/mol. The Labute approximate surface area is 128 Å². The summed E-state index contributed by atoms with van der Waals surface area (Å²) in [6.45, 7) is 0. The maximum atomic E-state index is 12.4. The van der Waals surface area contributed by atoms with Gasteiger partial charge >= 0.3 is 5.88 Å². The molecule has 8 nitrogen and oxygen atoms in total. The number of rotatable bonds is 4. The number of nitrogens with zero attached hydrogens (tertiary/aromatic N) is 3. The van der Waals surface area contributed by atoms with Crippen LogP contribution in [0.1, 0.15) is 0 Å². The van der Waals surface area contributed by atoms with Crippen molar-refractivity contribution in [2.75, 3.05) is 0 Å². The van der Waals surface area contributed by atoms with Crippen molar-refractivity contribution in [3.8, 4) is 10.8 Å². The normalized spacial score (nSPS) is 11.5. The Morgan fingerprint density at radius 1 is 1.09 bits per heavy atom. The molecule has 1 aromatic carbocycles. The second-order valence-corrected chi connectivity index (χ2v) is 7.19. The number of aromatic nitrogens is 2. The fourth-order valence-corrected chi connectivity index (χ4v) is 4.03. The summed E-state index contributed by atoms with van der Waals surface area (Å²) in [4.78, 5) is 9.99. The van der Waals surface area contributed by atoms with Crippen LogP contribution in [0.5, 0.6) is 0 Å². The highest BCUT2D eigenvalue weighted by Crippen LogP contribution is 2.31. The Bertz CT molecular complexity index is 931. The molecule has 0 aliphatic heterocycles. The fourth-order valence-electron chi connectivity index (χ4n) is 1.66. The van der Waals surface area contributed by atoms with Crippen molar-refractivity contribution in [2.45, 2.75) is 9.24 Å². The third-order valence-corrected chi connectivity index (χ3v) is 5.75. The molecule has 0 radical (unpaired) electrons. The number of furan rings is 1. The maximum absolute atomic E-state index is 12.4. The summed E-state index contributed by atoms with van der Waals surface area (Å²) < 4.78 is 29.5. The first-order chi connectivity index (χ1) is 10.5. The molecule has 3 rings (SSSR count). The van der Waals surface area contributed by atoms with Gasteiger partial charge in [-0.3, -0.25) is 10.1 Å². The minimum Gasteiger partial charge on any atom is -0.398 e. The van der Waals surface area contributed by atoms with Crippen molar-refractivity contribution in [1.29, 1.82) is 0 Å². The SMILES string of the molecule is O=[N+]([O-])c1ccc(-c2nnc(S(=O)(=O)c3ccccc3)s2)o1. The van der Waals surface area contributed by atoms with Crippen molar-refractivity contribution in [1.82, 2.24) is 10.2 Å². The van der Waals surface area contributed by atoms with Gasteiger partial charge in [0.25, 0.3) is 0 Å². The zero-order valence-corrected chi connectivity index (χ0v) is 12.4. The van der Waals surface area contributed by atoms with Crippen LogP contribution in [0.15, 0.2) is 56.1 Å². The van der Waals surface area contributed by atoms with Crippen LogP contribution in [0.4, 0.5) is 5.88 Å². The Kier molecular flexibility index (Phi) is 3.47. The van der Waals surface area contributed by atoms with Gasteiger partial charge in [-0.2, -0.15) is 0 Å². The van der Waals surface area contributed by atoms with Crippen molar-refractivity contribution >= 4 is 27.1 Å². The van der Waals surface area contributed by atoms with Crippen LogP contribution >= 0.6 is 11.3 Å². The van der Waals surface area contributed by atoms with Gasteiger partial charge in [-0.1, -0.05) is 29.5 Å². The van der Waals surface area contributed by atoms with Crippen molar-refractivity contribution in [3.63, 3.8) is 0 Å². The molecule has 3 aromatic rings. The molecule has 0 spiro atoms. The van der Waals surface area contributed by atoms with Crippen LogP contribution in [-0.2, 0) is 9.84 Å². The standard InChI is InChI=1S/C12H7N3O5S2/c16-15(17)10-7-6-9(20-10)11-13-14-12(21-11)22(18,19)8-4-2-1-3-5-8/h1-7H. The first kappa shape index (κ1) is 14.4. The molecule has 0 fully saturated rings. The average molecular weight is 337 g/mol. The van der Waals surface area contributed by atoms with Gasteiger partial charge in [0.1, 0.15) is 4.92 Å². The van der Waals surface area contributed by atoms with Crippen molar-refractivity contribution in [2.24, 2.45) is 0 Å². The molecule has 0 saturated heterocycles. The van der Waals surface area contributed by atoms with E-state index >= 15 is 0 Å². The second kappa shape index (κ2) is 5.31. The van der Waals surface area contributed by atoms with Gasteiger partial charge in [-0.25, -0.2) is 8.42 Å². The van der Waals surface area contributed by atoms with E-state index in [1.54, 1.807) is 18.2 Å². The predicted molar refractivity (Wildman–Crippen MR) is 76.2 cm³/mol. The smallest absolute Gasteiger partial charge is 0.398 e. The Morgan fingerprint density at radius 2 is 1.82 bits per heavy atom. The second-order valence-electron chi connectivity index (χ2n) is 4.08. The number of hydrogen-bond acceptors (Lipinski definition) is 8. The Morgan fingerprint density at radius 3 is 2.45 bits per heavy atom. The van der Waals surface area contributed by atoms with Gasteiger partial charge in [-0.15, -0.1) is 10.2 Å². The Hall–Kier alpha value is -2.59. The lowest BCUT2D eigenvalue weighted by Gasteiger charge is -1.98. The van der Waals surface area contributed by atoms with E-state index in [1.165, 1.54) is 24.3 Å². The van der Waals surface area contributed by atoms with E-state index in [1.807, 2.05) is 0 Å². The van der Waals surface area contributed by atoms with Crippen molar-refractivity contribution in [3.05, 3.63) is 52.6 Å². The zero-order valence-electron chi connectivity index (χ0n) is 10.7. The van der Waals surface area contributed by atoms with E-state index in [4.69, 9.17) is 4.42 Å². The summed E-state index contributed by atoms with van der Waals surface area (Å²) in [7, 11) is -3.77. The summed E-state index contributed by atoms with van der Waals surface area (Å²) in [5, 5.41) is 18.1. The fraction of sp³-hybridized carbons (Fsp3) is 0. The van der Waals surface area contributed by atoms with Gasteiger partial charge in [0.15, 0.2) is 10.8 Å². The van der Waals surface area contributed by atoms with Crippen LogP contribution in [0.2, 0.25) is 0 Å². The molecule has 0 amide bonds. The van der Waals surface area contributed by atoms with Crippen LogP contribution in [-0.4, -0.2) is 23.5 Å². The molecule has 0 atom stereocenters. The molecule has 10 heteroatoms. The molecule has 0 bridgehead atoms. The first-order valence-corrected chi connectivity index (χ1v) is 8.17. The largest absolute Gasteiger partial charge is 0.433 e. The summed E-state index contributed by atoms with van der Waals surface area (Å²) >= 11 is 0.786. The molecular weight excluding hydrogens is 330 g/mol. The highest BCUT2D eigenvalue weighted by atomic mass is 32.2. The molecule has 0 N–H and O–H groups in total. The topological polar surface area (TPSA) is 116 Å². The van der Waals surface area contributed by atoms with E-state index in [2.05, 4.69) is 10.2 Å². The van der Waals surface area contributed by atoms with Gasteiger partial charge < -0.3 is 4.42 Å². The van der Waals surface area contributed by atoms with Gasteiger partial charge in [0, 0.05) is 0 Å². The first-order valence-electron chi connectivity index (χ1n) is 5.87. The molecule has 112 valence electrons. The molecule has 0 saturated carbocycles. The molecule has 0 aliphatic carbocycles. The Balaban J connectivity index is 1.98. The lowest BCUT2D eigenvalue weighted by atomic mass is 10.4. The molecule has 2 heterocycles. The van der Waals surface area contributed by atoms with Gasteiger partial charge in [0.2, 0.25) is 14.2 Å². The number of benzene rings is 1. The lowest BCUT2D eigenvalue weighted by molar-refractivity contribution is -0.401. The predicted octanol–water partition coefficient (Wildman–Crippen LogP) is 2.54. The van der Waals surface area contributed by atoms with Crippen LogP contribution in [0, 0.1) is 10.1 Å². The minimum absolute atomic E-state index is 0.0960. The molecule has 22 heavy (non-hydrogen) atoms. The number of nitro groups is 1.